The van der Waals surface area contributed by atoms with Gasteiger partial charge in [-0.25, -0.2) is 0 Å². The number of carboxylic acids is 1. The summed E-state index contributed by atoms with van der Waals surface area (Å²) in [6, 6.07) is 13.4. The Hall–Kier alpha value is -2.14. The van der Waals surface area contributed by atoms with Crippen LogP contribution in [-0.2, 0) is 15.6 Å². The molecule has 2 aromatic carbocycles. The molecule has 0 saturated carbocycles. The number of ether oxygens (including phenoxy) is 1. The van der Waals surface area contributed by atoms with Crippen LogP contribution in [0.25, 0.3) is 0 Å². The third-order valence-corrected chi connectivity index (χ3v) is 6.42. The molecule has 0 saturated heterocycles. The van der Waals surface area contributed by atoms with Crippen LogP contribution >= 0.6 is 11.8 Å². The van der Waals surface area contributed by atoms with Gasteiger partial charge in [0.25, 0.3) is 0 Å². The Morgan fingerprint density at radius 2 is 1.45 bits per heavy atom. The van der Waals surface area contributed by atoms with Gasteiger partial charge < -0.3 is 14.9 Å². The van der Waals surface area contributed by atoms with Gasteiger partial charge >= 0.3 is 5.97 Å². The number of rotatable bonds is 8. The zero-order chi connectivity index (χ0) is 23.4. The van der Waals surface area contributed by atoms with Crippen molar-refractivity contribution in [3.8, 4) is 11.5 Å². The molecular formula is C26H36O4S. The Morgan fingerprint density at radius 3 is 1.90 bits per heavy atom. The smallest absolute Gasteiger partial charge is 0.312 e. The fraction of sp³-hybridized carbons (Fsp3) is 0.500. The Morgan fingerprint density at radius 1 is 0.935 bits per heavy atom. The summed E-state index contributed by atoms with van der Waals surface area (Å²) in [5.41, 5.74) is 0.450. The first-order chi connectivity index (χ1) is 14.2. The summed E-state index contributed by atoms with van der Waals surface area (Å²) in [6.45, 7) is 14.4. The highest BCUT2D eigenvalue weighted by atomic mass is 32.2. The Kier molecular flexibility index (Phi) is 7.75. The van der Waals surface area contributed by atoms with Crippen molar-refractivity contribution >= 4 is 17.7 Å². The molecule has 0 heterocycles. The molecule has 4 nitrogen and oxygen atoms in total. The monoisotopic (exact) mass is 444 g/mol. The molecule has 2 aromatic rings. The fourth-order valence-electron chi connectivity index (χ4n) is 3.23. The molecule has 1 atom stereocenters. The molecule has 1 unspecified atom stereocenters. The predicted molar refractivity (Wildman–Crippen MR) is 129 cm³/mol. The van der Waals surface area contributed by atoms with E-state index < -0.39 is 11.4 Å². The van der Waals surface area contributed by atoms with Gasteiger partial charge in [-0.15, -0.1) is 11.8 Å². The van der Waals surface area contributed by atoms with Gasteiger partial charge in [0.15, 0.2) is 0 Å². The van der Waals surface area contributed by atoms with Crippen LogP contribution in [0.2, 0.25) is 0 Å². The Balaban J connectivity index is 2.17. The zero-order valence-corrected chi connectivity index (χ0v) is 20.6. The highest BCUT2D eigenvalue weighted by molar-refractivity contribution is 7.99. The van der Waals surface area contributed by atoms with Crippen molar-refractivity contribution in [2.75, 3.05) is 12.4 Å². The quantitative estimate of drug-likeness (QED) is 0.447. The molecule has 2 rings (SSSR count). The number of thioether (sulfide) groups is 1. The minimum atomic E-state index is -0.987. The number of phenols is 1. The summed E-state index contributed by atoms with van der Waals surface area (Å²) in [5.74, 6) is 0.807. The van der Waals surface area contributed by atoms with E-state index in [0.717, 1.165) is 16.0 Å². The zero-order valence-electron chi connectivity index (χ0n) is 19.8. The number of benzene rings is 2. The van der Waals surface area contributed by atoms with Crippen LogP contribution in [0.15, 0.2) is 47.4 Å². The number of aliphatic carboxylic acids is 1. The molecular weight excluding hydrogens is 408 g/mol. The van der Waals surface area contributed by atoms with Gasteiger partial charge in [-0.3, -0.25) is 4.79 Å². The highest BCUT2D eigenvalue weighted by Crippen LogP contribution is 2.42. The second kappa shape index (κ2) is 9.56. The van der Waals surface area contributed by atoms with Crippen LogP contribution in [0.3, 0.4) is 0 Å². The normalized spacial score (nSPS) is 14.2. The summed E-state index contributed by atoms with van der Waals surface area (Å²) in [6.07, 6.45) is 0.469. The molecule has 5 heteroatoms. The lowest BCUT2D eigenvalue weighted by molar-refractivity contribution is -0.149. The highest BCUT2D eigenvalue weighted by Gasteiger charge is 2.34. The van der Waals surface area contributed by atoms with Gasteiger partial charge in [-0.05, 0) is 54.2 Å². The average molecular weight is 445 g/mol. The van der Waals surface area contributed by atoms with Gasteiger partial charge in [-0.1, -0.05) is 59.7 Å². The molecule has 0 amide bonds. The van der Waals surface area contributed by atoms with Crippen LogP contribution in [-0.4, -0.2) is 28.5 Å². The third-order valence-electron chi connectivity index (χ3n) is 5.44. The van der Waals surface area contributed by atoms with E-state index >= 15 is 0 Å². The topological polar surface area (TPSA) is 66.8 Å². The maximum Gasteiger partial charge on any atom is 0.312 e. The van der Waals surface area contributed by atoms with Gasteiger partial charge in [0.1, 0.15) is 18.1 Å². The first kappa shape index (κ1) is 25.1. The second-order valence-electron chi connectivity index (χ2n) is 10.4. The van der Waals surface area contributed by atoms with E-state index in [-0.39, 0.29) is 17.4 Å². The van der Waals surface area contributed by atoms with Crippen LogP contribution in [0.5, 0.6) is 11.5 Å². The number of carbonyl (C=O) groups is 1. The van der Waals surface area contributed by atoms with E-state index in [1.807, 2.05) is 42.5 Å². The second-order valence-corrected chi connectivity index (χ2v) is 11.6. The lowest BCUT2D eigenvalue weighted by atomic mass is 9.79. The van der Waals surface area contributed by atoms with Crippen molar-refractivity contribution in [1.29, 1.82) is 0 Å². The Labute approximate surface area is 191 Å². The fourth-order valence-corrected chi connectivity index (χ4v) is 4.42. The summed E-state index contributed by atoms with van der Waals surface area (Å²) >= 11 is 1.63. The molecule has 0 radical (unpaired) electrons. The molecule has 0 aliphatic carbocycles. The van der Waals surface area contributed by atoms with E-state index in [1.165, 1.54) is 0 Å². The first-order valence-electron chi connectivity index (χ1n) is 10.7. The lowest BCUT2D eigenvalue weighted by Gasteiger charge is -2.28. The number of aromatic hydroxyl groups is 1. The summed E-state index contributed by atoms with van der Waals surface area (Å²) in [5, 5.41) is 20.7. The van der Waals surface area contributed by atoms with E-state index in [9.17, 15) is 15.0 Å². The van der Waals surface area contributed by atoms with Crippen molar-refractivity contribution in [3.63, 3.8) is 0 Å². The van der Waals surface area contributed by atoms with E-state index in [4.69, 9.17) is 4.74 Å². The maximum absolute atomic E-state index is 12.0. The van der Waals surface area contributed by atoms with Gasteiger partial charge in [0.05, 0.1) is 5.41 Å². The van der Waals surface area contributed by atoms with Crippen LogP contribution in [0.4, 0.5) is 0 Å². The van der Waals surface area contributed by atoms with E-state index in [2.05, 4.69) is 41.5 Å². The minimum Gasteiger partial charge on any atom is -0.507 e. The lowest BCUT2D eigenvalue weighted by Crippen LogP contribution is -2.34. The number of phenolic OH excluding ortho intramolecular Hbond substituents is 1. The number of hydrogen-bond donors (Lipinski definition) is 2. The van der Waals surface area contributed by atoms with Gasteiger partial charge in [0, 0.05) is 16.0 Å². The summed E-state index contributed by atoms with van der Waals surface area (Å²) in [4.78, 5) is 13.0. The summed E-state index contributed by atoms with van der Waals surface area (Å²) < 4.78 is 5.76. The molecule has 0 aliphatic rings. The molecule has 0 aliphatic heterocycles. The predicted octanol–water partition coefficient (Wildman–Crippen LogP) is 6.64. The van der Waals surface area contributed by atoms with Crippen molar-refractivity contribution in [3.05, 3.63) is 53.6 Å². The molecule has 0 fully saturated rings. The van der Waals surface area contributed by atoms with E-state index in [1.54, 1.807) is 18.7 Å². The SMILES string of the molecule is CC(CCSc1cc(C(C)(C)C)c(O)c(C(C)(C)C)c1)(COc1ccccc1)C(=O)O. The Bertz CT molecular complexity index is 859. The average Bonchev–Trinajstić information content (AvgIpc) is 2.66. The first-order valence-corrected chi connectivity index (χ1v) is 11.6. The van der Waals surface area contributed by atoms with Crippen molar-refractivity contribution in [2.45, 2.75) is 70.6 Å². The minimum absolute atomic E-state index is 0.114. The molecule has 0 bridgehead atoms. The molecule has 0 aromatic heterocycles. The van der Waals surface area contributed by atoms with Crippen LogP contribution in [0.1, 0.15) is 66.0 Å². The van der Waals surface area contributed by atoms with Crippen molar-refractivity contribution in [2.24, 2.45) is 5.41 Å². The van der Waals surface area contributed by atoms with E-state index in [0.29, 0.717) is 23.7 Å². The third kappa shape index (κ3) is 6.67. The molecule has 2 N–H and O–H groups in total. The number of hydrogen-bond acceptors (Lipinski definition) is 4. The molecule has 0 spiro atoms. The largest absolute Gasteiger partial charge is 0.507 e. The number of carboxylic acid groups (broad SMARTS) is 1. The molecule has 31 heavy (non-hydrogen) atoms. The molecule has 170 valence electrons. The van der Waals surface area contributed by atoms with Crippen LogP contribution < -0.4 is 4.74 Å². The maximum atomic E-state index is 12.0. The summed E-state index contributed by atoms with van der Waals surface area (Å²) in [7, 11) is 0. The number of para-hydroxylation sites is 1. The standard InChI is InChI=1S/C26H36O4S/c1-24(2,3)20-15-19(16-21(22(20)27)25(4,5)6)31-14-13-26(7,23(28)29)17-30-18-11-9-8-10-12-18/h8-12,15-16,27H,13-14,17H2,1-7H3,(H,28,29). The van der Waals surface area contributed by atoms with Gasteiger partial charge in [-0.2, -0.15) is 0 Å². The van der Waals surface area contributed by atoms with Crippen molar-refractivity contribution < 1.29 is 19.7 Å². The van der Waals surface area contributed by atoms with Crippen LogP contribution in [0, 0.1) is 5.41 Å². The van der Waals surface area contributed by atoms with Crippen molar-refractivity contribution in [1.82, 2.24) is 0 Å². The van der Waals surface area contributed by atoms with Gasteiger partial charge in [0.2, 0.25) is 0 Å².